The first kappa shape index (κ1) is 16.4. The molecule has 0 radical (unpaired) electrons. The zero-order chi connectivity index (χ0) is 13.4. The van der Waals surface area contributed by atoms with Crippen LogP contribution in [0.15, 0.2) is 0 Å². The lowest BCUT2D eigenvalue weighted by Crippen LogP contribution is -2.56. The number of carboxylic acid groups (broad SMARTS) is 1. The number of rotatable bonds is 4. The third-order valence-electron chi connectivity index (χ3n) is 2.89. The van der Waals surface area contributed by atoms with Gasteiger partial charge in [-0.2, -0.15) is 0 Å². The van der Waals surface area contributed by atoms with E-state index < -0.39 is 5.97 Å². The van der Waals surface area contributed by atoms with Crippen LogP contribution >= 0.6 is 0 Å². The number of likely N-dealkylation sites (N-methyl/N-ethyl adjacent to an activating group) is 1. The number of aliphatic carboxylic acids is 1. The molecule has 1 fully saturated rings. The van der Waals surface area contributed by atoms with Gasteiger partial charge >= 0.3 is 5.97 Å². The van der Waals surface area contributed by atoms with E-state index in [2.05, 4.69) is 18.7 Å². The minimum Gasteiger partial charge on any atom is -0.480 e. The Morgan fingerprint density at radius 3 is 2.35 bits per heavy atom. The largest absolute Gasteiger partial charge is 0.480 e. The van der Waals surface area contributed by atoms with Crippen LogP contribution in [0, 0.1) is 5.92 Å². The predicted octanol–water partition coefficient (Wildman–Crippen LogP) is 1.76. The van der Waals surface area contributed by atoms with Crippen LogP contribution in [0.5, 0.6) is 0 Å². The molecule has 1 unspecified atom stereocenters. The number of piperazine rings is 1. The average Bonchev–Trinajstić information content (AvgIpc) is 2.30. The summed E-state index contributed by atoms with van der Waals surface area (Å²) in [6.07, 6.45) is 0. The number of nitrogens with zero attached hydrogens (tertiary/aromatic N) is 2. The summed E-state index contributed by atoms with van der Waals surface area (Å²) in [5.41, 5.74) is 0. The van der Waals surface area contributed by atoms with E-state index in [0.717, 1.165) is 26.2 Å². The summed E-state index contributed by atoms with van der Waals surface area (Å²) in [5, 5.41) is 9.12. The maximum Gasteiger partial charge on any atom is 0.322 e. The molecule has 0 amide bonds. The van der Waals surface area contributed by atoms with Crippen molar-refractivity contribution in [3.63, 3.8) is 0 Å². The van der Waals surface area contributed by atoms with E-state index in [1.807, 2.05) is 25.7 Å². The normalized spacial score (nSPS) is 22.1. The van der Waals surface area contributed by atoms with Crippen LogP contribution in [-0.2, 0) is 4.79 Å². The van der Waals surface area contributed by atoms with Gasteiger partial charge in [0.05, 0.1) is 0 Å². The Balaban J connectivity index is 0.00000121. The molecule has 1 N–H and O–H groups in total. The van der Waals surface area contributed by atoms with Crippen molar-refractivity contribution in [2.45, 2.75) is 40.7 Å². The molecule has 1 heterocycles. The van der Waals surface area contributed by atoms with Gasteiger partial charge in [-0.25, -0.2) is 0 Å². The summed E-state index contributed by atoms with van der Waals surface area (Å²) in [6.45, 7) is 14.7. The van der Waals surface area contributed by atoms with E-state index in [9.17, 15) is 4.79 Å². The molecule has 4 nitrogen and oxygen atoms in total. The molecule has 4 heteroatoms. The average molecular weight is 244 g/mol. The summed E-state index contributed by atoms with van der Waals surface area (Å²) in [6, 6.07) is -0.317. The van der Waals surface area contributed by atoms with E-state index in [1.54, 1.807) is 0 Å². The predicted molar refractivity (Wildman–Crippen MR) is 71.3 cm³/mol. The van der Waals surface area contributed by atoms with Crippen LogP contribution in [0.2, 0.25) is 0 Å². The Kier molecular flexibility index (Phi) is 8.17. The Bertz CT molecular complexity index is 219. The fourth-order valence-corrected chi connectivity index (χ4v) is 2.17. The molecule has 0 aliphatic carbocycles. The van der Waals surface area contributed by atoms with Crippen molar-refractivity contribution in [1.29, 1.82) is 0 Å². The Hall–Kier alpha value is -0.610. The molecular formula is C13H28N2O2. The van der Waals surface area contributed by atoms with Crippen molar-refractivity contribution in [2.75, 3.05) is 32.7 Å². The van der Waals surface area contributed by atoms with E-state index >= 15 is 0 Å². The van der Waals surface area contributed by atoms with Gasteiger partial charge in [0.25, 0.3) is 0 Å². The zero-order valence-corrected chi connectivity index (χ0v) is 11.9. The highest BCUT2D eigenvalue weighted by Gasteiger charge is 2.31. The van der Waals surface area contributed by atoms with Crippen molar-refractivity contribution in [3.05, 3.63) is 0 Å². The standard InChI is InChI=1S/C11H22N2O2.C2H6/c1-4-13-6-5-12(7-9(2)3)8-10(13)11(14)15;1-2/h9-10H,4-8H2,1-3H3,(H,14,15);1-2H3. The van der Waals surface area contributed by atoms with Gasteiger partial charge in [-0.1, -0.05) is 34.6 Å². The van der Waals surface area contributed by atoms with Crippen LogP contribution in [0.1, 0.15) is 34.6 Å². The fourth-order valence-electron chi connectivity index (χ4n) is 2.17. The van der Waals surface area contributed by atoms with Gasteiger partial charge in [-0.15, -0.1) is 0 Å². The van der Waals surface area contributed by atoms with Gasteiger partial charge in [0, 0.05) is 26.2 Å². The highest BCUT2D eigenvalue weighted by molar-refractivity contribution is 5.73. The van der Waals surface area contributed by atoms with E-state index in [-0.39, 0.29) is 6.04 Å². The van der Waals surface area contributed by atoms with Crippen LogP contribution < -0.4 is 0 Å². The molecule has 102 valence electrons. The lowest BCUT2D eigenvalue weighted by atomic mass is 10.1. The lowest BCUT2D eigenvalue weighted by Gasteiger charge is -2.39. The third-order valence-corrected chi connectivity index (χ3v) is 2.89. The summed E-state index contributed by atoms with van der Waals surface area (Å²) in [4.78, 5) is 15.4. The van der Waals surface area contributed by atoms with Gasteiger partial charge < -0.3 is 5.11 Å². The monoisotopic (exact) mass is 244 g/mol. The Morgan fingerprint density at radius 2 is 1.94 bits per heavy atom. The summed E-state index contributed by atoms with van der Waals surface area (Å²) in [7, 11) is 0. The SMILES string of the molecule is CC.CCN1CCN(CC(C)C)CC1C(=O)O. The number of carbonyl (C=O) groups is 1. The molecule has 1 aliphatic heterocycles. The molecule has 0 aromatic heterocycles. The van der Waals surface area contributed by atoms with Gasteiger partial charge in [-0.05, 0) is 12.5 Å². The van der Waals surface area contributed by atoms with Gasteiger partial charge in [0.1, 0.15) is 6.04 Å². The second-order valence-electron chi connectivity index (χ2n) is 4.64. The molecule has 1 atom stereocenters. The number of carboxylic acids is 1. The van der Waals surface area contributed by atoms with Crippen molar-refractivity contribution in [2.24, 2.45) is 5.92 Å². The molecule has 0 spiro atoms. The Morgan fingerprint density at radius 1 is 1.35 bits per heavy atom. The van der Waals surface area contributed by atoms with E-state index in [0.29, 0.717) is 12.5 Å². The van der Waals surface area contributed by atoms with E-state index in [1.165, 1.54) is 0 Å². The van der Waals surface area contributed by atoms with Crippen LogP contribution in [-0.4, -0.2) is 59.6 Å². The molecular weight excluding hydrogens is 216 g/mol. The van der Waals surface area contributed by atoms with Crippen LogP contribution in [0.3, 0.4) is 0 Å². The second kappa shape index (κ2) is 8.48. The fraction of sp³-hybridized carbons (Fsp3) is 0.923. The minimum absolute atomic E-state index is 0.317. The van der Waals surface area contributed by atoms with Crippen molar-refractivity contribution >= 4 is 5.97 Å². The Labute approximate surface area is 106 Å². The third kappa shape index (κ3) is 5.50. The quantitative estimate of drug-likeness (QED) is 0.818. The summed E-state index contributed by atoms with van der Waals surface area (Å²) < 4.78 is 0. The van der Waals surface area contributed by atoms with Gasteiger partial charge in [-0.3, -0.25) is 14.6 Å². The topological polar surface area (TPSA) is 43.8 Å². The first-order valence-corrected chi connectivity index (χ1v) is 6.73. The zero-order valence-electron chi connectivity index (χ0n) is 11.9. The molecule has 0 bridgehead atoms. The highest BCUT2D eigenvalue weighted by atomic mass is 16.4. The molecule has 17 heavy (non-hydrogen) atoms. The first-order chi connectivity index (χ1) is 8.04. The van der Waals surface area contributed by atoms with Crippen molar-refractivity contribution in [3.8, 4) is 0 Å². The van der Waals surface area contributed by atoms with E-state index in [4.69, 9.17) is 5.11 Å². The van der Waals surface area contributed by atoms with Gasteiger partial charge in [0.2, 0.25) is 0 Å². The van der Waals surface area contributed by atoms with Crippen molar-refractivity contribution in [1.82, 2.24) is 9.80 Å². The molecule has 1 rings (SSSR count). The number of hydrogen-bond donors (Lipinski definition) is 1. The van der Waals surface area contributed by atoms with Gasteiger partial charge in [0.15, 0.2) is 0 Å². The molecule has 0 saturated carbocycles. The first-order valence-electron chi connectivity index (χ1n) is 6.73. The van der Waals surface area contributed by atoms with Crippen LogP contribution in [0.4, 0.5) is 0 Å². The lowest BCUT2D eigenvalue weighted by molar-refractivity contribution is -0.145. The maximum atomic E-state index is 11.1. The molecule has 1 saturated heterocycles. The highest BCUT2D eigenvalue weighted by Crippen LogP contribution is 2.11. The molecule has 1 aliphatic rings. The second-order valence-corrected chi connectivity index (χ2v) is 4.64. The van der Waals surface area contributed by atoms with Crippen LogP contribution in [0.25, 0.3) is 0 Å². The minimum atomic E-state index is -0.690. The molecule has 0 aromatic rings. The summed E-state index contributed by atoms with van der Waals surface area (Å²) >= 11 is 0. The number of hydrogen-bond acceptors (Lipinski definition) is 3. The maximum absolute atomic E-state index is 11.1. The summed E-state index contributed by atoms with van der Waals surface area (Å²) in [5.74, 6) is -0.0853. The smallest absolute Gasteiger partial charge is 0.322 e. The van der Waals surface area contributed by atoms with Crippen molar-refractivity contribution < 1.29 is 9.90 Å². The molecule has 0 aromatic carbocycles.